The van der Waals surface area contributed by atoms with Crippen molar-refractivity contribution >= 4 is 11.6 Å². The van der Waals surface area contributed by atoms with Crippen molar-refractivity contribution in [2.45, 2.75) is 32.4 Å². The van der Waals surface area contributed by atoms with Crippen LogP contribution in [0.25, 0.3) is 0 Å². The van der Waals surface area contributed by atoms with Gasteiger partial charge < -0.3 is 15.1 Å². The number of likely N-dealkylation sites (N-methyl/N-ethyl adjacent to an activating group) is 1. The van der Waals surface area contributed by atoms with Gasteiger partial charge in [-0.3, -0.25) is 9.69 Å². The molecule has 0 aliphatic carbocycles. The average Bonchev–Trinajstić information content (AvgIpc) is 3.11. The molecule has 5 heteroatoms. The lowest BCUT2D eigenvalue weighted by Crippen LogP contribution is -2.53. The smallest absolute Gasteiger partial charge is 0.234 e. The molecule has 3 rings (SSSR count). The molecule has 2 fully saturated rings. The van der Waals surface area contributed by atoms with Gasteiger partial charge in [-0.1, -0.05) is 12.1 Å². The van der Waals surface area contributed by atoms with E-state index in [2.05, 4.69) is 58.3 Å². The number of hydrogen-bond donors (Lipinski definition) is 1. The summed E-state index contributed by atoms with van der Waals surface area (Å²) in [7, 11) is 2.14. The highest BCUT2D eigenvalue weighted by molar-refractivity contribution is 5.78. The van der Waals surface area contributed by atoms with Crippen molar-refractivity contribution in [3.05, 3.63) is 29.8 Å². The molecule has 24 heavy (non-hydrogen) atoms. The minimum absolute atomic E-state index is 0.120. The molecule has 1 atom stereocenters. The van der Waals surface area contributed by atoms with E-state index in [1.807, 2.05) is 0 Å². The van der Waals surface area contributed by atoms with Crippen LogP contribution in [-0.2, 0) is 11.3 Å². The summed E-state index contributed by atoms with van der Waals surface area (Å²) in [5, 5.41) is 3.06. The fraction of sp³-hybridized carbons (Fsp3) is 0.632. The standard InChI is InChI=1S/C19H30N4O/c1-16-14-21(2)11-12-23(16)15-19(24)20-13-17-5-7-18(8-6-17)22-9-3-4-10-22/h5-8,16H,3-4,9-15H2,1-2H3,(H,20,24)/t16-/m1/s1. The SMILES string of the molecule is C[C@@H]1CN(C)CCN1CC(=O)NCc1ccc(N2CCCC2)cc1. The maximum absolute atomic E-state index is 12.2. The molecule has 0 spiro atoms. The number of hydrogen-bond acceptors (Lipinski definition) is 4. The Morgan fingerprint density at radius 3 is 2.50 bits per heavy atom. The monoisotopic (exact) mass is 330 g/mol. The number of carbonyl (C=O) groups is 1. The second-order valence-corrected chi connectivity index (χ2v) is 7.22. The van der Waals surface area contributed by atoms with Crippen molar-refractivity contribution in [2.75, 3.05) is 51.2 Å². The predicted octanol–water partition coefficient (Wildman–Crippen LogP) is 1.54. The van der Waals surface area contributed by atoms with Gasteiger partial charge in [-0.25, -0.2) is 0 Å². The van der Waals surface area contributed by atoms with E-state index in [9.17, 15) is 4.79 Å². The number of amides is 1. The highest BCUT2D eigenvalue weighted by atomic mass is 16.2. The van der Waals surface area contributed by atoms with Crippen LogP contribution in [0.1, 0.15) is 25.3 Å². The third-order valence-corrected chi connectivity index (χ3v) is 5.21. The number of piperazine rings is 1. The van der Waals surface area contributed by atoms with Crippen LogP contribution in [0, 0.1) is 0 Å². The first-order valence-corrected chi connectivity index (χ1v) is 9.15. The lowest BCUT2D eigenvalue weighted by molar-refractivity contribution is -0.123. The van der Waals surface area contributed by atoms with E-state index in [-0.39, 0.29) is 5.91 Å². The number of carbonyl (C=O) groups excluding carboxylic acids is 1. The molecule has 0 saturated carbocycles. The molecule has 2 aliphatic heterocycles. The van der Waals surface area contributed by atoms with Crippen molar-refractivity contribution in [3.63, 3.8) is 0 Å². The Morgan fingerprint density at radius 2 is 1.83 bits per heavy atom. The Morgan fingerprint density at radius 1 is 1.12 bits per heavy atom. The van der Waals surface area contributed by atoms with Gasteiger partial charge in [0.15, 0.2) is 0 Å². The Bertz CT molecular complexity index is 539. The molecule has 0 aromatic heterocycles. The quantitative estimate of drug-likeness (QED) is 0.889. The van der Waals surface area contributed by atoms with Crippen LogP contribution in [-0.4, -0.2) is 68.1 Å². The van der Waals surface area contributed by atoms with Crippen LogP contribution in [0.15, 0.2) is 24.3 Å². The summed E-state index contributed by atoms with van der Waals surface area (Å²) in [6.45, 7) is 8.68. The van der Waals surface area contributed by atoms with Gasteiger partial charge >= 0.3 is 0 Å². The average molecular weight is 330 g/mol. The highest BCUT2D eigenvalue weighted by Crippen LogP contribution is 2.20. The van der Waals surface area contributed by atoms with Crippen molar-refractivity contribution < 1.29 is 4.79 Å². The van der Waals surface area contributed by atoms with E-state index >= 15 is 0 Å². The zero-order chi connectivity index (χ0) is 16.9. The first-order valence-electron chi connectivity index (χ1n) is 9.15. The zero-order valence-corrected chi connectivity index (χ0v) is 15.0. The van der Waals surface area contributed by atoms with Crippen molar-refractivity contribution in [1.29, 1.82) is 0 Å². The number of nitrogens with one attached hydrogen (secondary N) is 1. The lowest BCUT2D eigenvalue weighted by Gasteiger charge is -2.37. The van der Waals surface area contributed by atoms with E-state index in [4.69, 9.17) is 0 Å². The van der Waals surface area contributed by atoms with Gasteiger partial charge in [0.1, 0.15) is 0 Å². The fourth-order valence-electron chi connectivity index (χ4n) is 3.65. The molecule has 2 aliphatic rings. The van der Waals surface area contributed by atoms with Gasteiger partial charge in [-0.15, -0.1) is 0 Å². The topological polar surface area (TPSA) is 38.8 Å². The molecule has 5 nitrogen and oxygen atoms in total. The van der Waals surface area contributed by atoms with Gasteiger partial charge in [0, 0.05) is 51.0 Å². The molecule has 132 valence electrons. The molecule has 1 aromatic rings. The van der Waals surface area contributed by atoms with E-state index in [1.165, 1.54) is 31.6 Å². The number of anilines is 1. The minimum Gasteiger partial charge on any atom is -0.372 e. The number of benzene rings is 1. The molecule has 1 N–H and O–H groups in total. The Hall–Kier alpha value is -1.59. The molecule has 0 radical (unpaired) electrons. The van der Waals surface area contributed by atoms with Crippen LogP contribution >= 0.6 is 0 Å². The van der Waals surface area contributed by atoms with E-state index < -0.39 is 0 Å². The second-order valence-electron chi connectivity index (χ2n) is 7.22. The van der Waals surface area contributed by atoms with Crippen LogP contribution in [0.2, 0.25) is 0 Å². The van der Waals surface area contributed by atoms with E-state index in [1.54, 1.807) is 0 Å². The maximum atomic E-state index is 12.2. The molecule has 0 bridgehead atoms. The summed E-state index contributed by atoms with van der Waals surface area (Å²) in [5.74, 6) is 0.120. The Balaban J connectivity index is 1.44. The Kier molecular flexibility index (Phi) is 5.74. The summed E-state index contributed by atoms with van der Waals surface area (Å²) < 4.78 is 0. The van der Waals surface area contributed by atoms with Crippen LogP contribution in [0.3, 0.4) is 0 Å². The third kappa shape index (κ3) is 4.48. The second kappa shape index (κ2) is 7.99. The van der Waals surface area contributed by atoms with Gasteiger partial charge in [0.05, 0.1) is 6.54 Å². The summed E-state index contributed by atoms with van der Waals surface area (Å²) in [4.78, 5) is 19.2. The van der Waals surface area contributed by atoms with Crippen molar-refractivity contribution in [1.82, 2.24) is 15.1 Å². The highest BCUT2D eigenvalue weighted by Gasteiger charge is 2.23. The molecular weight excluding hydrogens is 300 g/mol. The molecule has 1 amide bonds. The van der Waals surface area contributed by atoms with Crippen molar-refractivity contribution in [2.24, 2.45) is 0 Å². The maximum Gasteiger partial charge on any atom is 0.234 e. The number of rotatable bonds is 5. The fourth-order valence-corrected chi connectivity index (χ4v) is 3.65. The molecule has 1 aromatic carbocycles. The third-order valence-electron chi connectivity index (χ3n) is 5.21. The lowest BCUT2D eigenvalue weighted by atomic mass is 10.2. The van der Waals surface area contributed by atoms with Crippen LogP contribution < -0.4 is 10.2 Å². The Labute approximate surface area is 145 Å². The van der Waals surface area contributed by atoms with Crippen LogP contribution in [0.4, 0.5) is 5.69 Å². The zero-order valence-electron chi connectivity index (χ0n) is 15.0. The normalized spacial score (nSPS) is 22.8. The van der Waals surface area contributed by atoms with Crippen molar-refractivity contribution in [3.8, 4) is 0 Å². The predicted molar refractivity (Wildman–Crippen MR) is 98.3 cm³/mol. The first kappa shape index (κ1) is 17.2. The number of nitrogens with zero attached hydrogens (tertiary/aromatic N) is 3. The minimum atomic E-state index is 0.120. The summed E-state index contributed by atoms with van der Waals surface area (Å²) in [6.07, 6.45) is 2.59. The summed E-state index contributed by atoms with van der Waals surface area (Å²) in [6, 6.07) is 9.05. The van der Waals surface area contributed by atoms with Crippen LogP contribution in [0.5, 0.6) is 0 Å². The van der Waals surface area contributed by atoms with E-state index in [0.717, 1.165) is 25.2 Å². The molecule has 2 saturated heterocycles. The summed E-state index contributed by atoms with van der Waals surface area (Å²) in [5.41, 5.74) is 2.46. The molecular formula is C19H30N4O. The van der Waals surface area contributed by atoms with E-state index in [0.29, 0.717) is 19.1 Å². The molecule has 2 heterocycles. The van der Waals surface area contributed by atoms with Gasteiger partial charge in [-0.2, -0.15) is 0 Å². The summed E-state index contributed by atoms with van der Waals surface area (Å²) >= 11 is 0. The van der Waals surface area contributed by atoms with Gasteiger partial charge in [0.25, 0.3) is 0 Å². The van der Waals surface area contributed by atoms with Gasteiger partial charge in [-0.05, 0) is 44.5 Å². The first-order chi connectivity index (χ1) is 11.6. The van der Waals surface area contributed by atoms with Gasteiger partial charge in [0.2, 0.25) is 5.91 Å². The molecule has 0 unspecified atom stereocenters. The largest absolute Gasteiger partial charge is 0.372 e.